The first kappa shape index (κ1) is 16.4. The highest BCUT2D eigenvalue weighted by atomic mass is 19.1. The molecule has 1 N–H and O–H groups in total. The summed E-state index contributed by atoms with van der Waals surface area (Å²) in [6.07, 6.45) is 5.51. The Labute approximate surface area is 141 Å². The summed E-state index contributed by atoms with van der Waals surface area (Å²) in [7, 11) is 0. The van der Waals surface area contributed by atoms with Crippen molar-refractivity contribution < 1.29 is 9.18 Å². The number of benzene rings is 1. The van der Waals surface area contributed by atoms with Crippen LogP contribution in [0, 0.1) is 12.7 Å². The smallest absolute Gasteiger partial charge is 0.251 e. The SMILES string of the molecule is Cc1ccc(C(=O)NCc2ccc(N3CCCCC3)nc2)cc1F. The number of halogens is 1. The van der Waals surface area contributed by atoms with Crippen LogP contribution >= 0.6 is 0 Å². The average Bonchev–Trinajstić information content (AvgIpc) is 2.63. The van der Waals surface area contributed by atoms with E-state index in [0.717, 1.165) is 24.5 Å². The molecular weight excluding hydrogens is 305 g/mol. The number of anilines is 1. The summed E-state index contributed by atoms with van der Waals surface area (Å²) < 4.78 is 13.5. The van der Waals surface area contributed by atoms with E-state index in [-0.39, 0.29) is 11.7 Å². The molecule has 1 aliphatic rings. The summed E-state index contributed by atoms with van der Waals surface area (Å²) in [6.45, 7) is 4.17. The van der Waals surface area contributed by atoms with Crippen LogP contribution in [-0.2, 0) is 6.54 Å². The van der Waals surface area contributed by atoms with Gasteiger partial charge in [-0.05, 0) is 55.5 Å². The third-order valence-electron chi connectivity index (χ3n) is 4.38. The number of nitrogens with zero attached hydrogens (tertiary/aromatic N) is 2. The fourth-order valence-corrected chi connectivity index (χ4v) is 2.85. The summed E-state index contributed by atoms with van der Waals surface area (Å²) in [4.78, 5) is 18.9. The lowest BCUT2D eigenvalue weighted by molar-refractivity contribution is 0.0950. The van der Waals surface area contributed by atoms with Gasteiger partial charge in [-0.25, -0.2) is 9.37 Å². The van der Waals surface area contributed by atoms with Crippen LogP contribution < -0.4 is 10.2 Å². The predicted octanol–water partition coefficient (Wildman–Crippen LogP) is 3.45. The summed E-state index contributed by atoms with van der Waals surface area (Å²) in [5, 5.41) is 2.80. The Bertz CT molecular complexity index is 709. The molecule has 0 radical (unpaired) electrons. The van der Waals surface area contributed by atoms with Gasteiger partial charge in [-0.1, -0.05) is 12.1 Å². The summed E-state index contributed by atoms with van der Waals surface area (Å²) in [5.74, 6) is 0.342. The zero-order valence-corrected chi connectivity index (χ0v) is 13.9. The number of rotatable bonds is 4. The molecule has 1 fully saturated rings. The number of carbonyl (C=O) groups excluding carboxylic acids is 1. The van der Waals surface area contributed by atoms with E-state index < -0.39 is 0 Å². The second-order valence-electron chi connectivity index (χ2n) is 6.22. The summed E-state index contributed by atoms with van der Waals surface area (Å²) in [6, 6.07) is 8.48. The van der Waals surface area contributed by atoms with Crippen molar-refractivity contribution in [3.8, 4) is 0 Å². The standard InChI is InChI=1S/C19H22FN3O/c1-14-5-7-16(11-17(14)20)19(24)22-13-15-6-8-18(21-12-15)23-9-3-2-4-10-23/h5-8,11-12H,2-4,9-10,13H2,1H3,(H,22,24). The molecular formula is C19H22FN3O. The minimum absolute atomic E-state index is 0.283. The fraction of sp³-hybridized carbons (Fsp3) is 0.368. The molecule has 0 saturated carbocycles. The zero-order chi connectivity index (χ0) is 16.9. The van der Waals surface area contributed by atoms with E-state index in [2.05, 4.69) is 15.2 Å². The molecule has 0 atom stereocenters. The maximum atomic E-state index is 13.5. The van der Waals surface area contributed by atoms with Crippen LogP contribution in [0.4, 0.5) is 10.2 Å². The lowest BCUT2D eigenvalue weighted by Gasteiger charge is -2.27. The van der Waals surface area contributed by atoms with Crippen LogP contribution in [0.1, 0.15) is 40.7 Å². The molecule has 1 aromatic heterocycles. The number of piperidine rings is 1. The van der Waals surface area contributed by atoms with Crippen molar-refractivity contribution in [2.45, 2.75) is 32.7 Å². The molecule has 1 aliphatic heterocycles. The largest absolute Gasteiger partial charge is 0.357 e. The number of carbonyl (C=O) groups is 1. The third kappa shape index (κ3) is 3.91. The fourth-order valence-electron chi connectivity index (χ4n) is 2.85. The number of aromatic nitrogens is 1. The molecule has 24 heavy (non-hydrogen) atoms. The Morgan fingerprint density at radius 2 is 2.00 bits per heavy atom. The van der Waals surface area contributed by atoms with Gasteiger partial charge in [0.05, 0.1) is 0 Å². The van der Waals surface area contributed by atoms with Gasteiger partial charge in [0.25, 0.3) is 5.91 Å². The first-order valence-electron chi connectivity index (χ1n) is 8.38. The van der Waals surface area contributed by atoms with Gasteiger partial charge < -0.3 is 10.2 Å². The molecule has 126 valence electrons. The molecule has 2 heterocycles. The van der Waals surface area contributed by atoms with Gasteiger partial charge in [-0.15, -0.1) is 0 Å². The Balaban J connectivity index is 1.57. The molecule has 0 bridgehead atoms. The van der Waals surface area contributed by atoms with E-state index in [1.807, 2.05) is 12.1 Å². The minimum atomic E-state index is -0.366. The van der Waals surface area contributed by atoms with Crippen LogP contribution in [0.3, 0.4) is 0 Å². The van der Waals surface area contributed by atoms with E-state index in [0.29, 0.717) is 17.7 Å². The van der Waals surface area contributed by atoms with E-state index in [1.165, 1.54) is 25.3 Å². The van der Waals surface area contributed by atoms with Crippen LogP contribution in [-0.4, -0.2) is 24.0 Å². The van der Waals surface area contributed by atoms with Gasteiger partial charge in [-0.2, -0.15) is 0 Å². The number of pyridine rings is 1. The van der Waals surface area contributed by atoms with Crippen molar-refractivity contribution in [1.29, 1.82) is 0 Å². The van der Waals surface area contributed by atoms with E-state index in [9.17, 15) is 9.18 Å². The molecule has 0 unspecified atom stereocenters. The lowest BCUT2D eigenvalue weighted by atomic mass is 10.1. The van der Waals surface area contributed by atoms with Gasteiger partial charge in [-0.3, -0.25) is 4.79 Å². The first-order valence-corrected chi connectivity index (χ1v) is 8.38. The molecule has 1 saturated heterocycles. The number of hydrogen-bond donors (Lipinski definition) is 1. The van der Waals surface area contributed by atoms with Gasteiger partial charge in [0, 0.05) is 31.4 Å². The number of hydrogen-bond acceptors (Lipinski definition) is 3. The highest BCUT2D eigenvalue weighted by molar-refractivity contribution is 5.94. The Morgan fingerprint density at radius 3 is 2.67 bits per heavy atom. The number of aryl methyl sites for hydroxylation is 1. The van der Waals surface area contributed by atoms with Crippen LogP contribution in [0.2, 0.25) is 0 Å². The predicted molar refractivity (Wildman–Crippen MR) is 92.6 cm³/mol. The lowest BCUT2D eigenvalue weighted by Crippen LogP contribution is -2.30. The van der Waals surface area contributed by atoms with Crippen LogP contribution in [0.15, 0.2) is 36.5 Å². The summed E-state index contributed by atoms with van der Waals surface area (Å²) >= 11 is 0. The molecule has 2 aromatic rings. The molecule has 4 nitrogen and oxygen atoms in total. The van der Waals surface area contributed by atoms with E-state index >= 15 is 0 Å². The quantitative estimate of drug-likeness (QED) is 0.935. The maximum absolute atomic E-state index is 13.5. The van der Waals surface area contributed by atoms with Crippen LogP contribution in [0.25, 0.3) is 0 Å². The second kappa shape index (κ2) is 7.43. The molecule has 1 amide bonds. The average molecular weight is 327 g/mol. The Morgan fingerprint density at radius 1 is 1.21 bits per heavy atom. The first-order chi connectivity index (χ1) is 11.6. The zero-order valence-electron chi connectivity index (χ0n) is 13.9. The monoisotopic (exact) mass is 327 g/mol. The summed E-state index contributed by atoms with van der Waals surface area (Å²) in [5.41, 5.74) is 1.79. The van der Waals surface area contributed by atoms with Gasteiger partial charge >= 0.3 is 0 Å². The molecule has 0 aliphatic carbocycles. The molecule has 3 rings (SSSR count). The van der Waals surface area contributed by atoms with Crippen molar-refractivity contribution in [2.24, 2.45) is 0 Å². The van der Waals surface area contributed by atoms with Crippen molar-refractivity contribution in [2.75, 3.05) is 18.0 Å². The third-order valence-corrected chi connectivity index (χ3v) is 4.38. The highest BCUT2D eigenvalue weighted by Crippen LogP contribution is 2.17. The van der Waals surface area contributed by atoms with E-state index in [1.54, 1.807) is 25.3 Å². The van der Waals surface area contributed by atoms with Gasteiger partial charge in [0.15, 0.2) is 0 Å². The van der Waals surface area contributed by atoms with Gasteiger partial charge in [0.1, 0.15) is 11.6 Å². The Kier molecular flexibility index (Phi) is 5.08. The molecule has 1 aromatic carbocycles. The van der Waals surface area contributed by atoms with Crippen molar-refractivity contribution in [3.05, 3.63) is 59.0 Å². The highest BCUT2D eigenvalue weighted by Gasteiger charge is 2.12. The minimum Gasteiger partial charge on any atom is -0.357 e. The Hall–Kier alpha value is -2.43. The molecule has 5 heteroatoms. The van der Waals surface area contributed by atoms with Crippen LogP contribution in [0.5, 0.6) is 0 Å². The van der Waals surface area contributed by atoms with Crippen molar-refractivity contribution >= 4 is 11.7 Å². The number of amides is 1. The second-order valence-corrected chi connectivity index (χ2v) is 6.22. The van der Waals surface area contributed by atoms with Crippen molar-refractivity contribution in [3.63, 3.8) is 0 Å². The van der Waals surface area contributed by atoms with Crippen molar-refractivity contribution in [1.82, 2.24) is 10.3 Å². The van der Waals surface area contributed by atoms with Gasteiger partial charge in [0.2, 0.25) is 0 Å². The topological polar surface area (TPSA) is 45.2 Å². The molecule has 0 spiro atoms. The maximum Gasteiger partial charge on any atom is 0.251 e. The number of nitrogens with one attached hydrogen (secondary N) is 1. The normalized spacial score (nSPS) is 14.5. The van der Waals surface area contributed by atoms with E-state index in [4.69, 9.17) is 0 Å².